The maximum atomic E-state index is 13.7. The fourth-order valence-corrected chi connectivity index (χ4v) is 3.53. The van der Waals surface area contributed by atoms with Crippen molar-refractivity contribution >= 4 is 23.0 Å². The summed E-state index contributed by atoms with van der Waals surface area (Å²) in [5, 5.41) is 0.0923. The quantitative estimate of drug-likeness (QED) is 0.805. The van der Waals surface area contributed by atoms with Crippen LogP contribution in [0.1, 0.15) is 19.3 Å². The molecule has 1 aromatic rings. The van der Waals surface area contributed by atoms with E-state index in [0.29, 0.717) is 17.8 Å². The molecule has 2 bridgehead atoms. The number of hydrogen-bond donors (Lipinski definition) is 1. The first kappa shape index (κ1) is 13.0. The van der Waals surface area contributed by atoms with Crippen LogP contribution >= 0.6 is 11.6 Å². The van der Waals surface area contributed by atoms with Gasteiger partial charge in [-0.05, 0) is 32.4 Å². The summed E-state index contributed by atoms with van der Waals surface area (Å²) < 4.78 is 13.7. The van der Waals surface area contributed by atoms with Gasteiger partial charge in [0.15, 0.2) is 0 Å². The summed E-state index contributed by atoms with van der Waals surface area (Å²) in [5.41, 5.74) is 7.34. The Morgan fingerprint density at radius 2 is 2.00 bits per heavy atom. The average Bonchev–Trinajstić information content (AvgIpc) is 2.59. The lowest BCUT2D eigenvalue weighted by atomic mass is 10.1. The number of rotatable bonds is 1. The highest BCUT2D eigenvalue weighted by Gasteiger charge is 2.35. The Hall–Kier alpha value is -1.00. The van der Waals surface area contributed by atoms with Crippen LogP contribution < -0.4 is 10.6 Å². The molecule has 0 saturated carbocycles. The zero-order valence-electron chi connectivity index (χ0n) is 11.1. The summed E-state index contributed by atoms with van der Waals surface area (Å²) >= 11 is 5.76. The van der Waals surface area contributed by atoms with Gasteiger partial charge in [0.25, 0.3) is 0 Å². The Kier molecular flexibility index (Phi) is 3.31. The second kappa shape index (κ2) is 4.84. The lowest BCUT2D eigenvalue weighted by molar-refractivity contribution is 0.254. The Morgan fingerprint density at radius 3 is 2.79 bits per heavy atom. The fraction of sp³-hybridized carbons (Fsp3) is 0.571. The molecule has 0 aromatic heterocycles. The molecular weight excluding hydrogens is 265 g/mol. The largest absolute Gasteiger partial charge is 0.397 e. The van der Waals surface area contributed by atoms with E-state index in [1.165, 1.54) is 25.0 Å². The number of benzene rings is 1. The summed E-state index contributed by atoms with van der Waals surface area (Å²) in [6, 6.07) is 4.19. The molecule has 2 unspecified atom stereocenters. The molecule has 1 aromatic carbocycles. The Bertz CT molecular complexity index is 494. The molecule has 2 heterocycles. The van der Waals surface area contributed by atoms with E-state index >= 15 is 0 Å². The zero-order valence-corrected chi connectivity index (χ0v) is 11.8. The normalized spacial score (nSPS) is 27.6. The van der Waals surface area contributed by atoms with Crippen LogP contribution in [0.4, 0.5) is 15.8 Å². The van der Waals surface area contributed by atoms with Crippen molar-refractivity contribution < 1.29 is 4.39 Å². The molecule has 0 aliphatic carbocycles. The van der Waals surface area contributed by atoms with E-state index in [4.69, 9.17) is 17.3 Å². The highest BCUT2D eigenvalue weighted by molar-refractivity contribution is 6.31. The van der Waals surface area contributed by atoms with Crippen molar-refractivity contribution in [1.82, 2.24) is 4.90 Å². The number of anilines is 2. The zero-order chi connectivity index (χ0) is 13.6. The molecule has 2 aliphatic rings. The highest BCUT2D eigenvalue weighted by Crippen LogP contribution is 2.34. The monoisotopic (exact) mass is 283 g/mol. The standard InChI is InChI=1S/C14H19ClFN3/c1-18-9-2-3-10(18)8-19(5-4-9)14-7-12(16)11(15)6-13(14)17/h6-7,9-10H,2-5,8,17H2,1H3. The molecule has 5 heteroatoms. The van der Waals surface area contributed by atoms with Crippen molar-refractivity contribution in [2.24, 2.45) is 0 Å². The lowest BCUT2D eigenvalue weighted by Gasteiger charge is -2.28. The Labute approximate surface area is 118 Å². The van der Waals surface area contributed by atoms with Crippen LogP contribution in [0.25, 0.3) is 0 Å². The predicted octanol–water partition coefficient (Wildman–Crippen LogP) is 2.73. The number of hydrogen-bond acceptors (Lipinski definition) is 3. The minimum atomic E-state index is -0.395. The van der Waals surface area contributed by atoms with Gasteiger partial charge in [-0.1, -0.05) is 11.6 Å². The van der Waals surface area contributed by atoms with Gasteiger partial charge in [0, 0.05) is 31.2 Å². The minimum absolute atomic E-state index is 0.0923. The molecule has 2 aliphatic heterocycles. The Morgan fingerprint density at radius 1 is 1.26 bits per heavy atom. The van der Waals surface area contributed by atoms with E-state index < -0.39 is 5.82 Å². The first-order chi connectivity index (χ1) is 9.06. The maximum Gasteiger partial charge on any atom is 0.144 e. The van der Waals surface area contributed by atoms with Gasteiger partial charge < -0.3 is 10.6 Å². The van der Waals surface area contributed by atoms with Gasteiger partial charge in [-0.25, -0.2) is 4.39 Å². The highest BCUT2D eigenvalue weighted by atomic mass is 35.5. The van der Waals surface area contributed by atoms with Gasteiger partial charge in [0.05, 0.1) is 16.4 Å². The maximum absolute atomic E-state index is 13.7. The van der Waals surface area contributed by atoms with Gasteiger partial charge in [0.2, 0.25) is 0 Å². The summed E-state index contributed by atoms with van der Waals surface area (Å²) in [6.07, 6.45) is 3.60. The first-order valence-corrected chi connectivity index (χ1v) is 7.15. The van der Waals surface area contributed by atoms with E-state index in [2.05, 4.69) is 16.8 Å². The van der Waals surface area contributed by atoms with Crippen molar-refractivity contribution in [1.29, 1.82) is 0 Å². The number of nitrogen functional groups attached to an aromatic ring is 1. The van der Waals surface area contributed by atoms with Crippen LogP contribution in [0.15, 0.2) is 12.1 Å². The molecule has 0 spiro atoms. The topological polar surface area (TPSA) is 32.5 Å². The molecule has 2 fully saturated rings. The molecule has 2 N–H and O–H groups in total. The van der Waals surface area contributed by atoms with Gasteiger partial charge >= 0.3 is 0 Å². The third-order valence-electron chi connectivity index (χ3n) is 4.56. The van der Waals surface area contributed by atoms with Crippen LogP contribution in [0, 0.1) is 5.82 Å². The van der Waals surface area contributed by atoms with Crippen LogP contribution in [0.3, 0.4) is 0 Å². The fourth-order valence-electron chi connectivity index (χ4n) is 3.35. The van der Waals surface area contributed by atoms with Crippen molar-refractivity contribution in [3.8, 4) is 0 Å². The average molecular weight is 284 g/mol. The molecule has 2 atom stereocenters. The summed E-state index contributed by atoms with van der Waals surface area (Å²) in [7, 11) is 2.19. The van der Waals surface area contributed by atoms with Crippen molar-refractivity contribution in [3.63, 3.8) is 0 Å². The number of nitrogens with zero attached hydrogens (tertiary/aromatic N) is 2. The van der Waals surface area contributed by atoms with E-state index in [-0.39, 0.29) is 5.02 Å². The van der Waals surface area contributed by atoms with Gasteiger partial charge in [-0.3, -0.25) is 4.90 Å². The van der Waals surface area contributed by atoms with Crippen molar-refractivity contribution in [3.05, 3.63) is 23.0 Å². The van der Waals surface area contributed by atoms with Crippen LogP contribution in [0.5, 0.6) is 0 Å². The molecule has 2 saturated heterocycles. The van der Waals surface area contributed by atoms with Crippen molar-refractivity contribution in [2.45, 2.75) is 31.3 Å². The predicted molar refractivity (Wildman–Crippen MR) is 77.2 cm³/mol. The SMILES string of the molecule is CN1C2CCC1CN(c1cc(F)c(Cl)cc1N)CC2. The lowest BCUT2D eigenvalue weighted by Crippen LogP contribution is -2.36. The van der Waals surface area contributed by atoms with Crippen LogP contribution in [-0.2, 0) is 0 Å². The Balaban J connectivity index is 1.89. The van der Waals surface area contributed by atoms with Gasteiger partial charge in [-0.15, -0.1) is 0 Å². The second-order valence-electron chi connectivity index (χ2n) is 5.61. The molecule has 0 radical (unpaired) electrons. The van der Waals surface area contributed by atoms with Crippen LogP contribution in [0.2, 0.25) is 5.02 Å². The summed E-state index contributed by atoms with van der Waals surface area (Å²) in [5.74, 6) is -0.395. The van der Waals surface area contributed by atoms with Crippen LogP contribution in [-0.4, -0.2) is 37.1 Å². The number of likely N-dealkylation sites (N-methyl/N-ethyl adjacent to an activating group) is 1. The van der Waals surface area contributed by atoms with E-state index in [1.807, 2.05) is 0 Å². The van der Waals surface area contributed by atoms with E-state index in [1.54, 1.807) is 0 Å². The third-order valence-corrected chi connectivity index (χ3v) is 4.85. The molecule has 0 amide bonds. The molecular formula is C14H19ClFN3. The number of halogens is 2. The van der Waals surface area contributed by atoms with E-state index in [0.717, 1.165) is 25.2 Å². The summed E-state index contributed by atoms with van der Waals surface area (Å²) in [4.78, 5) is 4.66. The molecule has 104 valence electrons. The molecule has 3 rings (SSSR count). The number of nitrogens with two attached hydrogens (primary N) is 1. The summed E-state index contributed by atoms with van der Waals surface area (Å²) in [6.45, 7) is 1.84. The number of fused-ring (bicyclic) bond motifs is 2. The smallest absolute Gasteiger partial charge is 0.144 e. The van der Waals surface area contributed by atoms with Crippen molar-refractivity contribution in [2.75, 3.05) is 30.8 Å². The van der Waals surface area contributed by atoms with E-state index in [9.17, 15) is 4.39 Å². The van der Waals surface area contributed by atoms with Gasteiger partial charge in [0.1, 0.15) is 5.82 Å². The minimum Gasteiger partial charge on any atom is -0.397 e. The molecule has 3 nitrogen and oxygen atoms in total. The molecule has 19 heavy (non-hydrogen) atoms. The third kappa shape index (κ3) is 2.28. The van der Waals surface area contributed by atoms with Gasteiger partial charge in [-0.2, -0.15) is 0 Å². The first-order valence-electron chi connectivity index (χ1n) is 6.77. The second-order valence-corrected chi connectivity index (χ2v) is 6.02.